The van der Waals surface area contributed by atoms with E-state index < -0.39 is 0 Å². The third-order valence-electron chi connectivity index (χ3n) is 2.68. The van der Waals surface area contributed by atoms with Crippen LogP contribution in [0.5, 0.6) is 0 Å². The first-order chi connectivity index (χ1) is 6.41. The summed E-state index contributed by atoms with van der Waals surface area (Å²) in [5, 5.41) is 3.12. The van der Waals surface area contributed by atoms with Crippen LogP contribution in [0.3, 0.4) is 0 Å². The summed E-state index contributed by atoms with van der Waals surface area (Å²) in [6, 6.07) is 0.329. The molecule has 2 atom stereocenters. The zero-order valence-corrected chi connectivity index (χ0v) is 10.9. The van der Waals surface area contributed by atoms with E-state index in [1.165, 1.54) is 19.3 Å². The highest BCUT2D eigenvalue weighted by Gasteiger charge is 2.28. The largest absolute Gasteiger partial charge is 0.352 e. The monoisotopic (exact) mass is 261 g/mol. The molecule has 3 heteroatoms. The average molecular weight is 262 g/mol. The molecule has 0 aromatic carbocycles. The Morgan fingerprint density at radius 2 is 1.86 bits per heavy atom. The molecule has 1 aliphatic rings. The maximum atomic E-state index is 11.7. The van der Waals surface area contributed by atoms with Gasteiger partial charge in [0.25, 0.3) is 0 Å². The Morgan fingerprint density at radius 1 is 1.29 bits per heavy atom. The molecule has 2 nitrogen and oxygen atoms in total. The van der Waals surface area contributed by atoms with Crippen molar-refractivity contribution in [1.82, 2.24) is 5.32 Å². The van der Waals surface area contributed by atoms with Crippen molar-refractivity contribution in [2.24, 2.45) is 5.41 Å². The van der Waals surface area contributed by atoms with Crippen molar-refractivity contribution in [3.63, 3.8) is 0 Å². The van der Waals surface area contributed by atoms with Crippen LogP contribution < -0.4 is 5.32 Å². The van der Waals surface area contributed by atoms with Crippen molar-refractivity contribution in [3.05, 3.63) is 0 Å². The minimum Gasteiger partial charge on any atom is -0.352 e. The van der Waals surface area contributed by atoms with Crippen molar-refractivity contribution in [1.29, 1.82) is 0 Å². The van der Waals surface area contributed by atoms with E-state index >= 15 is 0 Å². The minimum atomic E-state index is -0.274. The first-order valence-electron chi connectivity index (χ1n) is 5.36. The van der Waals surface area contributed by atoms with Crippen molar-refractivity contribution in [2.45, 2.75) is 57.3 Å². The standard InChI is InChI=1S/C11H20BrNO/c1-11(2,3)10(14)13-9-7-5-4-6-8(9)12/h8-9H,4-7H2,1-3H3,(H,13,14). The van der Waals surface area contributed by atoms with Gasteiger partial charge in [0, 0.05) is 16.3 Å². The van der Waals surface area contributed by atoms with E-state index in [4.69, 9.17) is 0 Å². The predicted molar refractivity (Wildman–Crippen MR) is 62.6 cm³/mol. The van der Waals surface area contributed by atoms with E-state index in [9.17, 15) is 4.79 Å². The van der Waals surface area contributed by atoms with Gasteiger partial charge in [0.1, 0.15) is 0 Å². The lowest BCUT2D eigenvalue weighted by molar-refractivity contribution is -0.129. The number of alkyl halides is 1. The fourth-order valence-electron chi connectivity index (χ4n) is 1.63. The predicted octanol–water partition coefficient (Wildman–Crippen LogP) is 2.85. The van der Waals surface area contributed by atoms with Gasteiger partial charge in [0.2, 0.25) is 5.91 Å². The third kappa shape index (κ3) is 3.26. The summed E-state index contributed by atoms with van der Waals surface area (Å²) >= 11 is 3.64. The van der Waals surface area contributed by atoms with Gasteiger partial charge in [0.15, 0.2) is 0 Å². The molecule has 2 unspecified atom stereocenters. The van der Waals surface area contributed by atoms with Gasteiger partial charge in [-0.05, 0) is 12.8 Å². The van der Waals surface area contributed by atoms with Gasteiger partial charge in [-0.25, -0.2) is 0 Å². The Bertz CT molecular complexity index is 210. The highest BCUT2D eigenvalue weighted by Crippen LogP contribution is 2.25. The number of hydrogen-bond acceptors (Lipinski definition) is 1. The molecule has 14 heavy (non-hydrogen) atoms. The third-order valence-corrected chi connectivity index (χ3v) is 3.78. The van der Waals surface area contributed by atoms with Crippen molar-refractivity contribution in [2.75, 3.05) is 0 Å². The van der Waals surface area contributed by atoms with Gasteiger partial charge < -0.3 is 5.32 Å². The van der Waals surface area contributed by atoms with Crippen LogP contribution in [0.2, 0.25) is 0 Å². The second-order valence-electron chi connectivity index (χ2n) is 5.13. The molecule has 1 fully saturated rings. The first-order valence-corrected chi connectivity index (χ1v) is 6.28. The van der Waals surface area contributed by atoms with Gasteiger partial charge in [-0.15, -0.1) is 0 Å². The Kier molecular flexibility index (Phi) is 3.99. The molecule has 82 valence electrons. The zero-order valence-electron chi connectivity index (χ0n) is 9.27. The molecule has 0 radical (unpaired) electrons. The quantitative estimate of drug-likeness (QED) is 0.723. The molecule has 0 saturated heterocycles. The molecule has 1 rings (SSSR count). The van der Waals surface area contributed by atoms with E-state index in [1.807, 2.05) is 20.8 Å². The summed E-state index contributed by atoms with van der Waals surface area (Å²) < 4.78 is 0. The summed E-state index contributed by atoms with van der Waals surface area (Å²) in [4.78, 5) is 12.2. The molecule has 1 N–H and O–H groups in total. The molecule has 0 aromatic rings. The van der Waals surface area contributed by atoms with Gasteiger partial charge in [0.05, 0.1) is 0 Å². The van der Waals surface area contributed by atoms with Crippen LogP contribution in [0.1, 0.15) is 46.5 Å². The Labute approximate surface area is 95.0 Å². The molecule has 1 amide bonds. The van der Waals surface area contributed by atoms with Gasteiger partial charge in [-0.2, -0.15) is 0 Å². The number of halogens is 1. The number of amides is 1. The second kappa shape index (κ2) is 4.65. The number of rotatable bonds is 1. The van der Waals surface area contributed by atoms with Crippen LogP contribution in [-0.2, 0) is 4.79 Å². The SMILES string of the molecule is CC(C)(C)C(=O)NC1CCCCC1Br. The fourth-order valence-corrected chi connectivity index (χ4v) is 2.35. The highest BCUT2D eigenvalue weighted by atomic mass is 79.9. The Hall–Kier alpha value is -0.0500. The topological polar surface area (TPSA) is 29.1 Å². The van der Waals surface area contributed by atoms with Crippen molar-refractivity contribution in [3.8, 4) is 0 Å². The summed E-state index contributed by atoms with van der Waals surface area (Å²) in [7, 11) is 0. The average Bonchev–Trinajstić information content (AvgIpc) is 2.07. The molecular weight excluding hydrogens is 242 g/mol. The van der Waals surface area contributed by atoms with Crippen LogP contribution in [0.4, 0.5) is 0 Å². The molecular formula is C11H20BrNO. The summed E-state index contributed by atoms with van der Waals surface area (Å²) in [6.45, 7) is 5.86. The smallest absolute Gasteiger partial charge is 0.225 e. The van der Waals surface area contributed by atoms with Gasteiger partial charge >= 0.3 is 0 Å². The minimum absolute atomic E-state index is 0.161. The molecule has 1 aliphatic carbocycles. The first kappa shape index (κ1) is 12.0. The Morgan fingerprint density at radius 3 is 2.36 bits per heavy atom. The molecule has 0 bridgehead atoms. The molecule has 0 aliphatic heterocycles. The lowest BCUT2D eigenvalue weighted by atomic mass is 9.91. The van der Waals surface area contributed by atoms with Crippen LogP contribution in [0, 0.1) is 5.41 Å². The van der Waals surface area contributed by atoms with E-state index in [0.29, 0.717) is 10.9 Å². The second-order valence-corrected chi connectivity index (χ2v) is 6.31. The van der Waals surface area contributed by atoms with Crippen LogP contribution in [0.25, 0.3) is 0 Å². The Balaban J connectivity index is 2.46. The number of hydrogen-bond donors (Lipinski definition) is 1. The lowest BCUT2D eigenvalue weighted by Crippen LogP contribution is -2.46. The normalized spacial score (nSPS) is 28.6. The van der Waals surface area contributed by atoms with Crippen LogP contribution >= 0.6 is 15.9 Å². The van der Waals surface area contributed by atoms with Gasteiger partial charge in [-0.1, -0.05) is 49.5 Å². The maximum Gasteiger partial charge on any atom is 0.225 e. The van der Waals surface area contributed by atoms with Crippen LogP contribution in [0.15, 0.2) is 0 Å². The lowest BCUT2D eigenvalue weighted by Gasteiger charge is -2.30. The summed E-state index contributed by atoms with van der Waals surface area (Å²) in [5.41, 5.74) is -0.274. The van der Waals surface area contributed by atoms with E-state index in [0.717, 1.165) is 6.42 Å². The number of carbonyl (C=O) groups is 1. The molecule has 0 heterocycles. The fraction of sp³-hybridized carbons (Fsp3) is 0.909. The van der Waals surface area contributed by atoms with Crippen molar-refractivity contribution >= 4 is 21.8 Å². The number of carbonyl (C=O) groups excluding carboxylic acids is 1. The summed E-state index contributed by atoms with van der Waals surface area (Å²) in [6.07, 6.45) is 4.79. The van der Waals surface area contributed by atoms with Crippen LogP contribution in [-0.4, -0.2) is 16.8 Å². The van der Waals surface area contributed by atoms with Crippen molar-refractivity contribution < 1.29 is 4.79 Å². The molecule has 0 aromatic heterocycles. The zero-order chi connectivity index (χ0) is 10.8. The highest BCUT2D eigenvalue weighted by molar-refractivity contribution is 9.09. The summed E-state index contributed by atoms with van der Waals surface area (Å²) in [5.74, 6) is 0.161. The van der Waals surface area contributed by atoms with Gasteiger partial charge in [-0.3, -0.25) is 4.79 Å². The maximum absolute atomic E-state index is 11.7. The number of nitrogens with one attached hydrogen (secondary N) is 1. The van der Waals surface area contributed by atoms with E-state index in [2.05, 4.69) is 21.2 Å². The van der Waals surface area contributed by atoms with E-state index in [1.54, 1.807) is 0 Å². The molecule has 0 spiro atoms. The van der Waals surface area contributed by atoms with E-state index in [-0.39, 0.29) is 11.3 Å². The molecule has 1 saturated carbocycles.